The molecule has 0 spiro atoms. The highest BCUT2D eigenvalue weighted by atomic mass is 32.2. The highest BCUT2D eigenvalue weighted by Crippen LogP contribution is 2.25. The number of primary sulfonamides is 1. The van der Waals surface area contributed by atoms with E-state index >= 15 is 0 Å². The number of sulfonamides is 1. The van der Waals surface area contributed by atoms with Gasteiger partial charge >= 0.3 is 0 Å². The van der Waals surface area contributed by atoms with E-state index in [4.69, 9.17) is 10.9 Å². The van der Waals surface area contributed by atoms with Gasteiger partial charge < -0.3 is 10.8 Å². The largest absolute Gasteiger partial charge is 0.399 e. The summed E-state index contributed by atoms with van der Waals surface area (Å²) in [5.41, 5.74) is 2.60. The maximum Gasteiger partial charge on any atom is 0.271 e. The molecule has 0 saturated carbocycles. The van der Waals surface area contributed by atoms with Crippen molar-refractivity contribution in [1.82, 2.24) is 0 Å². The molecular formula is C7H9N3O5S. The van der Waals surface area contributed by atoms with Crippen molar-refractivity contribution in [3.63, 3.8) is 0 Å². The van der Waals surface area contributed by atoms with E-state index in [1.807, 2.05) is 0 Å². The van der Waals surface area contributed by atoms with E-state index in [9.17, 15) is 23.6 Å². The Kier molecular flexibility index (Phi) is 3.12. The van der Waals surface area contributed by atoms with Crippen molar-refractivity contribution in [2.75, 3.05) is 5.73 Å². The fraction of sp³-hybridized carbons (Fsp3) is 0.143. The minimum atomic E-state index is -4.24. The fourth-order valence-electron chi connectivity index (χ4n) is 1.10. The Bertz CT molecular complexity index is 527. The molecule has 0 fully saturated rings. The van der Waals surface area contributed by atoms with Crippen LogP contribution >= 0.6 is 0 Å². The van der Waals surface area contributed by atoms with Gasteiger partial charge in [0, 0.05) is 23.4 Å². The summed E-state index contributed by atoms with van der Waals surface area (Å²) in [5.74, 6) is 0. The number of hydrogen-bond donors (Lipinski definition) is 3. The van der Waals surface area contributed by atoms with E-state index in [1.165, 1.54) is 0 Å². The van der Waals surface area contributed by atoms with Gasteiger partial charge in [-0.15, -0.1) is 0 Å². The maximum atomic E-state index is 10.8. The molecule has 16 heavy (non-hydrogen) atoms. The first-order valence-corrected chi connectivity index (χ1v) is 5.57. The molecule has 1 rings (SSSR count). The summed E-state index contributed by atoms with van der Waals surface area (Å²) in [6, 6.07) is 3.03. The normalized spacial score (nSPS) is 13.4. The zero-order valence-corrected chi connectivity index (χ0v) is 8.72. The van der Waals surface area contributed by atoms with E-state index in [2.05, 4.69) is 0 Å². The molecule has 1 atom stereocenters. The fourth-order valence-corrected chi connectivity index (χ4v) is 1.61. The SMILES string of the molecule is Nc1cc(C(O)S(N)(=O)=O)cc([N+](=O)[O-])c1. The molecule has 88 valence electrons. The second-order valence-electron chi connectivity index (χ2n) is 3.06. The molecule has 8 nitrogen and oxygen atoms in total. The van der Waals surface area contributed by atoms with Gasteiger partial charge in [-0.2, -0.15) is 0 Å². The number of hydrogen-bond acceptors (Lipinski definition) is 6. The Morgan fingerprint density at radius 3 is 2.38 bits per heavy atom. The van der Waals surface area contributed by atoms with E-state index < -0.39 is 26.1 Å². The van der Waals surface area contributed by atoms with Crippen molar-refractivity contribution in [2.24, 2.45) is 5.14 Å². The smallest absolute Gasteiger partial charge is 0.271 e. The van der Waals surface area contributed by atoms with Crippen LogP contribution in [0.4, 0.5) is 11.4 Å². The van der Waals surface area contributed by atoms with Crippen LogP contribution in [-0.2, 0) is 10.0 Å². The van der Waals surface area contributed by atoms with Gasteiger partial charge in [0.15, 0.2) is 5.44 Å². The topological polar surface area (TPSA) is 150 Å². The number of benzene rings is 1. The molecule has 9 heteroatoms. The van der Waals surface area contributed by atoms with Crippen LogP contribution in [-0.4, -0.2) is 18.4 Å². The lowest BCUT2D eigenvalue weighted by Crippen LogP contribution is -2.21. The van der Waals surface area contributed by atoms with Crippen LogP contribution in [0.25, 0.3) is 0 Å². The zero-order valence-electron chi connectivity index (χ0n) is 7.90. The summed E-state index contributed by atoms with van der Waals surface area (Å²) in [7, 11) is -4.24. The number of aliphatic hydroxyl groups excluding tert-OH is 1. The Morgan fingerprint density at radius 1 is 1.38 bits per heavy atom. The van der Waals surface area contributed by atoms with E-state index in [0.717, 1.165) is 18.2 Å². The monoisotopic (exact) mass is 247 g/mol. The number of rotatable bonds is 3. The molecule has 0 aliphatic carbocycles. The first-order chi connectivity index (χ1) is 7.21. The molecule has 0 aliphatic heterocycles. The van der Waals surface area contributed by atoms with Crippen molar-refractivity contribution in [3.8, 4) is 0 Å². The quantitative estimate of drug-likeness (QED) is 0.370. The third-order valence-corrected chi connectivity index (χ3v) is 2.66. The summed E-state index contributed by atoms with van der Waals surface area (Å²) in [6.07, 6.45) is 0. The lowest BCUT2D eigenvalue weighted by atomic mass is 10.2. The molecule has 1 aromatic rings. The molecule has 1 unspecified atom stereocenters. The highest BCUT2D eigenvalue weighted by molar-refractivity contribution is 7.89. The maximum absolute atomic E-state index is 10.8. The van der Waals surface area contributed by atoms with Crippen molar-refractivity contribution >= 4 is 21.4 Å². The van der Waals surface area contributed by atoms with Crippen LogP contribution in [0.2, 0.25) is 0 Å². The molecule has 0 radical (unpaired) electrons. The number of nitrogen functional groups attached to an aromatic ring is 1. The first kappa shape index (κ1) is 12.4. The highest BCUT2D eigenvalue weighted by Gasteiger charge is 2.22. The molecule has 1 aromatic carbocycles. The number of aliphatic hydroxyl groups is 1. The predicted molar refractivity (Wildman–Crippen MR) is 55.6 cm³/mol. The van der Waals surface area contributed by atoms with Crippen molar-refractivity contribution in [1.29, 1.82) is 0 Å². The average molecular weight is 247 g/mol. The van der Waals surface area contributed by atoms with Gasteiger partial charge in [0.1, 0.15) is 0 Å². The van der Waals surface area contributed by atoms with Gasteiger partial charge in [0.2, 0.25) is 10.0 Å². The standard InChI is InChI=1S/C7H9N3O5S/c8-5-1-4(7(11)16(9,14)15)2-6(3-5)10(12)13/h1-3,7,11H,8H2,(H2,9,14,15). The van der Waals surface area contributed by atoms with Crippen LogP contribution in [0.1, 0.15) is 11.0 Å². The Morgan fingerprint density at radius 2 is 1.94 bits per heavy atom. The second-order valence-corrected chi connectivity index (χ2v) is 4.68. The van der Waals surface area contributed by atoms with Gasteiger partial charge in [0.05, 0.1) is 4.92 Å². The molecule has 0 aliphatic rings. The van der Waals surface area contributed by atoms with Crippen LogP contribution in [0, 0.1) is 10.1 Å². The average Bonchev–Trinajstić information content (AvgIpc) is 2.14. The minimum Gasteiger partial charge on any atom is -0.399 e. The predicted octanol–water partition coefficient (Wildman–Crippen LogP) is -0.544. The van der Waals surface area contributed by atoms with Crippen molar-refractivity contribution in [2.45, 2.75) is 5.44 Å². The van der Waals surface area contributed by atoms with E-state index in [0.29, 0.717) is 0 Å². The summed E-state index contributed by atoms with van der Waals surface area (Å²) in [6.45, 7) is 0. The molecule has 0 saturated heterocycles. The molecule has 0 bridgehead atoms. The number of anilines is 1. The molecule has 0 aromatic heterocycles. The van der Waals surface area contributed by atoms with Gasteiger partial charge in [0.25, 0.3) is 5.69 Å². The number of nitrogens with two attached hydrogens (primary N) is 2. The third-order valence-electron chi connectivity index (χ3n) is 1.77. The van der Waals surface area contributed by atoms with Crippen LogP contribution in [0.15, 0.2) is 18.2 Å². The van der Waals surface area contributed by atoms with Crippen LogP contribution in [0.3, 0.4) is 0 Å². The lowest BCUT2D eigenvalue weighted by Gasteiger charge is -2.08. The number of nitro benzene ring substituents is 1. The second kappa shape index (κ2) is 4.04. The molecule has 0 amide bonds. The van der Waals surface area contributed by atoms with Gasteiger partial charge in [-0.1, -0.05) is 0 Å². The van der Waals surface area contributed by atoms with Crippen LogP contribution in [0.5, 0.6) is 0 Å². The van der Waals surface area contributed by atoms with Crippen molar-refractivity contribution in [3.05, 3.63) is 33.9 Å². The molecule has 0 heterocycles. The molecule has 5 N–H and O–H groups in total. The van der Waals surface area contributed by atoms with E-state index in [-0.39, 0.29) is 11.3 Å². The summed E-state index contributed by atoms with van der Waals surface area (Å²) < 4.78 is 21.7. The lowest BCUT2D eigenvalue weighted by molar-refractivity contribution is -0.384. The third kappa shape index (κ3) is 2.66. The van der Waals surface area contributed by atoms with Gasteiger partial charge in [-0.3, -0.25) is 10.1 Å². The first-order valence-electron chi connectivity index (χ1n) is 3.96. The van der Waals surface area contributed by atoms with Gasteiger partial charge in [-0.05, 0) is 6.07 Å². The number of nitro groups is 1. The Labute approximate surface area is 90.7 Å². The molecular weight excluding hydrogens is 238 g/mol. The number of nitrogens with zero attached hydrogens (tertiary/aromatic N) is 1. The van der Waals surface area contributed by atoms with Crippen LogP contribution < -0.4 is 10.9 Å². The minimum absolute atomic E-state index is 0.0353. The van der Waals surface area contributed by atoms with Gasteiger partial charge in [-0.25, -0.2) is 13.6 Å². The Balaban J connectivity index is 3.31. The summed E-state index contributed by atoms with van der Waals surface area (Å²) in [4.78, 5) is 9.71. The van der Waals surface area contributed by atoms with E-state index in [1.54, 1.807) is 0 Å². The Hall–Kier alpha value is -1.71. The zero-order chi connectivity index (χ0) is 12.5. The number of non-ortho nitro benzene ring substituents is 1. The summed E-state index contributed by atoms with van der Waals surface area (Å²) in [5, 5.41) is 24.5. The summed E-state index contributed by atoms with van der Waals surface area (Å²) >= 11 is 0. The van der Waals surface area contributed by atoms with Crippen molar-refractivity contribution < 1.29 is 18.4 Å².